The number of nitrogens with zero attached hydrogens (tertiary/aromatic N) is 3. The maximum Gasteiger partial charge on any atom is 0.410 e. The maximum atomic E-state index is 12.3. The summed E-state index contributed by atoms with van der Waals surface area (Å²) in [6, 6.07) is 3.74. The quantitative estimate of drug-likeness (QED) is 0.791. The second kappa shape index (κ2) is 7.80. The number of aliphatic hydroxyl groups excluding tert-OH is 1. The van der Waals surface area contributed by atoms with E-state index in [2.05, 4.69) is 25.8 Å². The number of hydrogen-bond donors (Lipinski definition) is 1. The Morgan fingerprint density at radius 3 is 2.67 bits per heavy atom. The molecule has 6 nitrogen and oxygen atoms in total. The Bertz CT molecular complexity index is 559. The van der Waals surface area contributed by atoms with Crippen LogP contribution in [-0.4, -0.2) is 63.9 Å². The minimum absolute atomic E-state index is 0.0163. The van der Waals surface area contributed by atoms with E-state index in [1.165, 1.54) is 0 Å². The average molecular weight is 400 g/mol. The number of carbonyl (C=O) groups excluding carboxylic acids is 1. The molecule has 134 valence electrons. The van der Waals surface area contributed by atoms with E-state index < -0.39 is 5.60 Å². The van der Waals surface area contributed by atoms with E-state index in [1.807, 2.05) is 39.8 Å². The summed E-state index contributed by atoms with van der Waals surface area (Å²) >= 11 is 3.32. The minimum atomic E-state index is -0.495. The fraction of sp³-hybridized carbons (Fsp3) is 0.647. The van der Waals surface area contributed by atoms with Gasteiger partial charge in [0.2, 0.25) is 0 Å². The first-order valence-corrected chi connectivity index (χ1v) is 8.96. The van der Waals surface area contributed by atoms with E-state index in [9.17, 15) is 9.90 Å². The second-order valence-electron chi connectivity index (χ2n) is 7.13. The van der Waals surface area contributed by atoms with Gasteiger partial charge in [-0.1, -0.05) is 6.07 Å². The molecule has 0 radical (unpaired) electrons. The normalized spacial score (nSPS) is 20.8. The zero-order chi connectivity index (χ0) is 17.9. The summed E-state index contributed by atoms with van der Waals surface area (Å²) in [5.41, 5.74) is 0.476. The van der Waals surface area contributed by atoms with Crippen molar-refractivity contribution >= 4 is 22.0 Å². The predicted octanol–water partition coefficient (Wildman–Crippen LogP) is 2.82. The Balaban J connectivity index is 2.03. The molecule has 24 heavy (non-hydrogen) atoms. The molecule has 1 N–H and O–H groups in total. The van der Waals surface area contributed by atoms with E-state index in [4.69, 9.17) is 4.74 Å². The van der Waals surface area contributed by atoms with Crippen molar-refractivity contribution in [3.63, 3.8) is 0 Å². The van der Waals surface area contributed by atoms with Crippen LogP contribution in [0.5, 0.6) is 0 Å². The van der Waals surface area contributed by atoms with Crippen LogP contribution >= 0.6 is 15.9 Å². The van der Waals surface area contributed by atoms with E-state index in [1.54, 1.807) is 11.1 Å². The van der Waals surface area contributed by atoms with Crippen LogP contribution in [0.25, 0.3) is 0 Å². The number of carbonyl (C=O) groups is 1. The number of amides is 1. The number of pyridine rings is 1. The Kier molecular flexibility index (Phi) is 6.22. The van der Waals surface area contributed by atoms with Gasteiger partial charge in [0, 0.05) is 31.9 Å². The van der Waals surface area contributed by atoms with Gasteiger partial charge in [0.15, 0.2) is 0 Å². The van der Waals surface area contributed by atoms with Crippen molar-refractivity contribution in [1.29, 1.82) is 0 Å². The first kappa shape index (κ1) is 19.1. The summed E-state index contributed by atoms with van der Waals surface area (Å²) in [5, 5.41) is 9.83. The second-order valence-corrected chi connectivity index (χ2v) is 7.94. The minimum Gasteiger partial charge on any atom is -0.444 e. The van der Waals surface area contributed by atoms with E-state index in [-0.39, 0.29) is 24.8 Å². The van der Waals surface area contributed by atoms with Crippen molar-refractivity contribution in [3.8, 4) is 0 Å². The number of rotatable bonds is 3. The monoisotopic (exact) mass is 399 g/mol. The number of ether oxygens (including phenoxy) is 1. The van der Waals surface area contributed by atoms with Crippen LogP contribution in [0.4, 0.5) is 4.79 Å². The van der Waals surface area contributed by atoms with Crippen LogP contribution in [0, 0.1) is 0 Å². The molecule has 1 fully saturated rings. The third-order valence-electron chi connectivity index (χ3n) is 4.04. The van der Waals surface area contributed by atoms with Crippen molar-refractivity contribution in [3.05, 3.63) is 28.5 Å². The molecule has 1 aromatic rings. The molecule has 1 aliphatic rings. The SMILES string of the molecule is CC1CN([C@H](CO)c2ccc(Br)nc2)CCN1C(=O)OC(C)(C)C. The molecule has 2 heterocycles. The topological polar surface area (TPSA) is 65.9 Å². The lowest BCUT2D eigenvalue weighted by atomic mass is 10.1. The highest BCUT2D eigenvalue weighted by Crippen LogP contribution is 2.25. The molecule has 1 aromatic heterocycles. The van der Waals surface area contributed by atoms with Crippen LogP contribution in [0.3, 0.4) is 0 Å². The Labute approximate surface area is 151 Å². The fourth-order valence-electron chi connectivity index (χ4n) is 2.88. The molecule has 1 unspecified atom stereocenters. The lowest BCUT2D eigenvalue weighted by molar-refractivity contribution is -0.00910. The Hall–Kier alpha value is -1.18. The Morgan fingerprint density at radius 2 is 2.17 bits per heavy atom. The van der Waals surface area contributed by atoms with Gasteiger partial charge in [0.25, 0.3) is 0 Å². The molecule has 2 rings (SSSR count). The number of piperazine rings is 1. The van der Waals surface area contributed by atoms with Crippen LogP contribution in [0.2, 0.25) is 0 Å². The number of aromatic nitrogens is 1. The Morgan fingerprint density at radius 1 is 1.46 bits per heavy atom. The summed E-state index contributed by atoms with van der Waals surface area (Å²) < 4.78 is 6.24. The van der Waals surface area contributed by atoms with Crippen LogP contribution in [0.15, 0.2) is 22.9 Å². The summed E-state index contributed by atoms with van der Waals surface area (Å²) in [4.78, 5) is 20.5. The van der Waals surface area contributed by atoms with Gasteiger partial charge in [-0.2, -0.15) is 0 Å². The molecule has 2 atom stereocenters. The summed E-state index contributed by atoms with van der Waals surface area (Å²) in [6.07, 6.45) is 1.50. The smallest absolute Gasteiger partial charge is 0.410 e. The van der Waals surface area contributed by atoms with Gasteiger partial charge in [-0.3, -0.25) is 4.90 Å². The van der Waals surface area contributed by atoms with E-state index in [0.29, 0.717) is 19.6 Å². The molecule has 0 aliphatic carbocycles. The molecule has 0 bridgehead atoms. The largest absolute Gasteiger partial charge is 0.444 e. The van der Waals surface area contributed by atoms with Crippen LogP contribution in [0.1, 0.15) is 39.3 Å². The lowest BCUT2D eigenvalue weighted by Crippen LogP contribution is -2.55. The molecule has 1 saturated heterocycles. The zero-order valence-corrected chi connectivity index (χ0v) is 16.3. The van der Waals surface area contributed by atoms with Crippen molar-refractivity contribution in [2.24, 2.45) is 0 Å². The highest BCUT2D eigenvalue weighted by Gasteiger charge is 2.33. The van der Waals surface area contributed by atoms with Gasteiger partial charge in [-0.05, 0) is 55.3 Å². The van der Waals surface area contributed by atoms with Crippen LogP contribution < -0.4 is 0 Å². The van der Waals surface area contributed by atoms with Gasteiger partial charge in [-0.25, -0.2) is 9.78 Å². The maximum absolute atomic E-state index is 12.3. The highest BCUT2D eigenvalue weighted by atomic mass is 79.9. The van der Waals surface area contributed by atoms with Gasteiger partial charge >= 0.3 is 6.09 Å². The van der Waals surface area contributed by atoms with Gasteiger partial charge < -0.3 is 14.7 Å². The summed E-state index contributed by atoms with van der Waals surface area (Å²) in [6.45, 7) is 9.57. The summed E-state index contributed by atoms with van der Waals surface area (Å²) in [7, 11) is 0. The third kappa shape index (κ3) is 4.91. The van der Waals surface area contributed by atoms with Gasteiger partial charge in [0.1, 0.15) is 10.2 Å². The standard InChI is InChI=1S/C17H26BrN3O3/c1-12-10-20(7-8-21(12)16(23)24-17(2,3)4)14(11-22)13-5-6-15(18)19-9-13/h5-6,9,12,14,22H,7-8,10-11H2,1-4H3/t12?,14-/m1/s1. The van der Waals surface area contributed by atoms with E-state index in [0.717, 1.165) is 10.2 Å². The highest BCUT2D eigenvalue weighted by molar-refractivity contribution is 9.10. The van der Waals surface area contributed by atoms with Crippen molar-refractivity contribution in [2.45, 2.75) is 45.4 Å². The summed E-state index contributed by atoms with van der Waals surface area (Å²) in [5.74, 6) is 0. The predicted molar refractivity (Wildman–Crippen MR) is 95.7 cm³/mol. The van der Waals surface area contributed by atoms with Gasteiger partial charge in [-0.15, -0.1) is 0 Å². The molecule has 7 heteroatoms. The lowest BCUT2D eigenvalue weighted by Gasteiger charge is -2.43. The zero-order valence-electron chi connectivity index (χ0n) is 14.7. The van der Waals surface area contributed by atoms with E-state index >= 15 is 0 Å². The first-order chi connectivity index (χ1) is 11.2. The third-order valence-corrected chi connectivity index (χ3v) is 4.50. The average Bonchev–Trinajstić information content (AvgIpc) is 2.48. The van der Waals surface area contributed by atoms with Crippen molar-refractivity contribution < 1.29 is 14.6 Å². The van der Waals surface area contributed by atoms with Gasteiger partial charge in [0.05, 0.1) is 12.6 Å². The van der Waals surface area contributed by atoms with Crippen LogP contribution in [-0.2, 0) is 4.74 Å². The van der Waals surface area contributed by atoms with Crippen molar-refractivity contribution in [2.75, 3.05) is 26.2 Å². The number of aliphatic hydroxyl groups is 1. The fourth-order valence-corrected chi connectivity index (χ4v) is 3.11. The molecule has 0 saturated carbocycles. The molecular formula is C17H26BrN3O3. The molecular weight excluding hydrogens is 374 g/mol. The first-order valence-electron chi connectivity index (χ1n) is 8.17. The number of halogens is 1. The molecule has 1 aliphatic heterocycles. The molecule has 0 spiro atoms. The van der Waals surface area contributed by atoms with Crippen molar-refractivity contribution in [1.82, 2.24) is 14.8 Å². The molecule has 1 amide bonds. The number of hydrogen-bond acceptors (Lipinski definition) is 5. The molecule has 0 aromatic carbocycles.